The van der Waals surface area contributed by atoms with Crippen LogP contribution >= 0.6 is 11.3 Å². The van der Waals surface area contributed by atoms with Crippen LogP contribution in [0.15, 0.2) is 5.38 Å². The average molecular weight is 282 g/mol. The van der Waals surface area contributed by atoms with Crippen LogP contribution in [0.2, 0.25) is 0 Å². The van der Waals surface area contributed by atoms with Gasteiger partial charge in [0.2, 0.25) is 11.8 Å². The second-order valence-corrected chi connectivity index (χ2v) is 5.33. The highest BCUT2D eigenvalue weighted by Gasteiger charge is 2.17. The second-order valence-electron chi connectivity index (χ2n) is 4.47. The number of rotatable bonds is 4. The van der Waals surface area contributed by atoms with E-state index in [1.165, 1.54) is 11.3 Å². The van der Waals surface area contributed by atoms with Crippen LogP contribution in [-0.2, 0) is 9.59 Å². The largest absolute Gasteiger partial charge is 0.340 e. The fourth-order valence-corrected chi connectivity index (χ4v) is 2.59. The molecule has 0 spiro atoms. The lowest BCUT2D eigenvalue weighted by Gasteiger charge is -2.27. The normalized spacial score (nSPS) is 15.3. The summed E-state index contributed by atoms with van der Waals surface area (Å²) in [6, 6.07) is 0. The van der Waals surface area contributed by atoms with E-state index in [0.29, 0.717) is 5.13 Å². The SMILES string of the molecule is Cc1csc(NC(=O)CCC(=O)N2CCNCC2)n1. The quantitative estimate of drug-likeness (QED) is 0.848. The highest BCUT2D eigenvalue weighted by molar-refractivity contribution is 7.13. The molecule has 1 aliphatic rings. The van der Waals surface area contributed by atoms with Gasteiger partial charge in [0.15, 0.2) is 5.13 Å². The van der Waals surface area contributed by atoms with E-state index in [2.05, 4.69) is 15.6 Å². The molecule has 7 heteroatoms. The fraction of sp³-hybridized carbons (Fsp3) is 0.583. The molecule has 1 aromatic rings. The van der Waals surface area contributed by atoms with Gasteiger partial charge in [-0.05, 0) is 6.92 Å². The van der Waals surface area contributed by atoms with Gasteiger partial charge < -0.3 is 15.5 Å². The van der Waals surface area contributed by atoms with Gasteiger partial charge in [0, 0.05) is 44.4 Å². The Balaban J connectivity index is 1.72. The van der Waals surface area contributed by atoms with E-state index in [0.717, 1.165) is 31.9 Å². The molecule has 1 fully saturated rings. The molecule has 0 radical (unpaired) electrons. The Kier molecular flexibility index (Phi) is 4.86. The van der Waals surface area contributed by atoms with Crippen molar-refractivity contribution < 1.29 is 9.59 Å². The first-order valence-electron chi connectivity index (χ1n) is 6.35. The first-order chi connectivity index (χ1) is 9.15. The number of nitrogens with zero attached hydrogens (tertiary/aromatic N) is 2. The lowest BCUT2D eigenvalue weighted by Crippen LogP contribution is -2.46. The lowest BCUT2D eigenvalue weighted by atomic mass is 10.2. The van der Waals surface area contributed by atoms with Gasteiger partial charge in [0.05, 0.1) is 5.69 Å². The van der Waals surface area contributed by atoms with Crippen LogP contribution in [0.4, 0.5) is 5.13 Å². The molecule has 19 heavy (non-hydrogen) atoms. The molecule has 1 aromatic heterocycles. The zero-order valence-corrected chi connectivity index (χ0v) is 11.8. The van der Waals surface area contributed by atoms with Gasteiger partial charge in [-0.3, -0.25) is 9.59 Å². The van der Waals surface area contributed by atoms with Crippen LogP contribution < -0.4 is 10.6 Å². The van der Waals surface area contributed by atoms with E-state index in [1.54, 1.807) is 4.90 Å². The Hall–Kier alpha value is -1.47. The average Bonchev–Trinajstić information content (AvgIpc) is 2.82. The van der Waals surface area contributed by atoms with E-state index in [4.69, 9.17) is 0 Å². The zero-order chi connectivity index (χ0) is 13.7. The van der Waals surface area contributed by atoms with Crippen molar-refractivity contribution in [2.24, 2.45) is 0 Å². The lowest BCUT2D eigenvalue weighted by molar-refractivity contribution is -0.133. The van der Waals surface area contributed by atoms with Gasteiger partial charge in [0.1, 0.15) is 0 Å². The monoisotopic (exact) mass is 282 g/mol. The van der Waals surface area contributed by atoms with E-state index in [9.17, 15) is 9.59 Å². The fourth-order valence-electron chi connectivity index (χ4n) is 1.89. The number of carbonyl (C=O) groups excluding carboxylic acids is 2. The van der Waals surface area contributed by atoms with E-state index in [-0.39, 0.29) is 24.7 Å². The summed E-state index contributed by atoms with van der Waals surface area (Å²) in [4.78, 5) is 29.5. The molecule has 0 unspecified atom stereocenters. The molecule has 2 amide bonds. The number of aromatic nitrogens is 1. The van der Waals surface area contributed by atoms with Crippen LogP contribution in [0.3, 0.4) is 0 Å². The summed E-state index contributed by atoms with van der Waals surface area (Å²) >= 11 is 1.39. The van der Waals surface area contributed by atoms with Crippen LogP contribution in [0.25, 0.3) is 0 Å². The van der Waals surface area contributed by atoms with E-state index >= 15 is 0 Å². The number of aryl methyl sites for hydroxylation is 1. The summed E-state index contributed by atoms with van der Waals surface area (Å²) in [5.74, 6) is -0.107. The molecule has 0 aliphatic carbocycles. The smallest absolute Gasteiger partial charge is 0.226 e. The summed E-state index contributed by atoms with van der Waals surface area (Å²) in [7, 11) is 0. The third-order valence-corrected chi connectivity index (χ3v) is 3.78. The number of carbonyl (C=O) groups is 2. The van der Waals surface area contributed by atoms with Crippen LogP contribution in [0, 0.1) is 6.92 Å². The summed E-state index contributed by atoms with van der Waals surface area (Å²) in [6.45, 7) is 4.99. The Labute approximate surface area is 116 Å². The summed E-state index contributed by atoms with van der Waals surface area (Å²) < 4.78 is 0. The van der Waals surface area contributed by atoms with Gasteiger partial charge >= 0.3 is 0 Å². The molecule has 0 aromatic carbocycles. The van der Waals surface area contributed by atoms with Gasteiger partial charge in [-0.15, -0.1) is 11.3 Å². The topological polar surface area (TPSA) is 74.3 Å². The van der Waals surface area contributed by atoms with Crippen LogP contribution in [0.1, 0.15) is 18.5 Å². The van der Waals surface area contributed by atoms with Crippen molar-refractivity contribution in [2.45, 2.75) is 19.8 Å². The molecule has 1 aliphatic heterocycles. The number of amides is 2. The third-order valence-electron chi connectivity index (χ3n) is 2.90. The van der Waals surface area contributed by atoms with E-state index < -0.39 is 0 Å². The number of anilines is 1. The first-order valence-corrected chi connectivity index (χ1v) is 7.23. The van der Waals surface area contributed by atoms with Crippen molar-refractivity contribution in [2.75, 3.05) is 31.5 Å². The standard InChI is InChI=1S/C12H18N4O2S/c1-9-8-19-12(14-9)15-10(17)2-3-11(18)16-6-4-13-5-7-16/h8,13H,2-7H2,1H3,(H,14,15,17). The molecule has 2 N–H and O–H groups in total. The molecule has 2 rings (SSSR count). The van der Waals surface area contributed by atoms with Crippen molar-refractivity contribution in [3.8, 4) is 0 Å². The van der Waals surface area contributed by atoms with Gasteiger partial charge in [0.25, 0.3) is 0 Å². The minimum absolute atomic E-state index is 0.0481. The zero-order valence-electron chi connectivity index (χ0n) is 10.9. The number of piperazine rings is 1. The van der Waals surface area contributed by atoms with Gasteiger partial charge in [-0.2, -0.15) is 0 Å². The Morgan fingerprint density at radius 1 is 1.42 bits per heavy atom. The predicted octanol–water partition coefficient (Wildman–Crippen LogP) is 0.602. The molecular formula is C12H18N4O2S. The highest BCUT2D eigenvalue weighted by Crippen LogP contribution is 2.14. The molecule has 0 bridgehead atoms. The highest BCUT2D eigenvalue weighted by atomic mass is 32.1. The Bertz CT molecular complexity index is 454. The number of nitrogens with one attached hydrogen (secondary N) is 2. The molecule has 104 valence electrons. The predicted molar refractivity (Wildman–Crippen MR) is 74.2 cm³/mol. The molecular weight excluding hydrogens is 264 g/mol. The van der Waals surface area contributed by atoms with Crippen LogP contribution in [-0.4, -0.2) is 47.9 Å². The minimum atomic E-state index is -0.155. The summed E-state index contributed by atoms with van der Waals surface area (Å²) in [6.07, 6.45) is 0.470. The van der Waals surface area contributed by atoms with Gasteiger partial charge in [-0.1, -0.05) is 0 Å². The number of hydrogen-bond donors (Lipinski definition) is 2. The van der Waals surface area contributed by atoms with Crippen molar-refractivity contribution in [3.05, 3.63) is 11.1 Å². The molecule has 1 saturated heterocycles. The van der Waals surface area contributed by atoms with Crippen molar-refractivity contribution in [3.63, 3.8) is 0 Å². The summed E-state index contributed by atoms with van der Waals surface area (Å²) in [5, 5.41) is 8.37. The molecule has 2 heterocycles. The van der Waals surface area contributed by atoms with Crippen molar-refractivity contribution >= 4 is 28.3 Å². The Morgan fingerprint density at radius 3 is 2.79 bits per heavy atom. The Morgan fingerprint density at radius 2 is 2.16 bits per heavy atom. The number of hydrogen-bond acceptors (Lipinski definition) is 5. The molecule has 0 atom stereocenters. The summed E-state index contributed by atoms with van der Waals surface area (Å²) in [5.41, 5.74) is 0.886. The van der Waals surface area contributed by atoms with Gasteiger partial charge in [-0.25, -0.2) is 4.98 Å². The van der Waals surface area contributed by atoms with E-state index in [1.807, 2.05) is 12.3 Å². The number of thiazole rings is 1. The van der Waals surface area contributed by atoms with Crippen molar-refractivity contribution in [1.29, 1.82) is 0 Å². The minimum Gasteiger partial charge on any atom is -0.340 e. The van der Waals surface area contributed by atoms with Crippen LogP contribution in [0.5, 0.6) is 0 Å². The second kappa shape index (κ2) is 6.63. The van der Waals surface area contributed by atoms with Crippen molar-refractivity contribution in [1.82, 2.24) is 15.2 Å². The maximum absolute atomic E-state index is 11.9. The first kappa shape index (κ1) is 14.0. The third kappa shape index (κ3) is 4.29. The molecule has 6 nitrogen and oxygen atoms in total. The molecule has 0 saturated carbocycles. The maximum Gasteiger partial charge on any atom is 0.226 e. The maximum atomic E-state index is 11.9.